The lowest BCUT2D eigenvalue weighted by molar-refractivity contribution is -0.214. The first kappa shape index (κ1) is 17.2. The molecule has 144 valence electrons. The molecule has 0 fully saturated rings. The maximum Gasteiger partial charge on any atom is 0.160 e. The number of hydrogen-bond donors (Lipinski definition) is 1. The topological polar surface area (TPSA) is 29.5 Å². The molecule has 29 heavy (non-hydrogen) atoms. The zero-order valence-electron chi connectivity index (χ0n) is 16.7. The van der Waals surface area contributed by atoms with E-state index in [2.05, 4.69) is 72.8 Å². The third-order valence-corrected chi connectivity index (χ3v) is 6.53. The zero-order chi connectivity index (χ0) is 19.8. The van der Waals surface area contributed by atoms with Crippen LogP contribution >= 0.6 is 0 Å². The first-order valence-corrected chi connectivity index (χ1v) is 10.5. The minimum atomic E-state index is -1.10. The van der Waals surface area contributed by atoms with Crippen LogP contribution < -0.4 is 0 Å². The first-order chi connectivity index (χ1) is 14.0. The molecule has 2 nitrogen and oxygen atoms in total. The number of benzene rings is 4. The molecule has 0 aromatic heterocycles. The Morgan fingerprint density at radius 3 is 2.24 bits per heavy atom. The second kappa shape index (κ2) is 5.91. The lowest BCUT2D eigenvalue weighted by Crippen LogP contribution is -2.39. The molecule has 0 heterocycles. The molecule has 3 aliphatic rings. The Hall–Kier alpha value is -2.68. The summed E-state index contributed by atoms with van der Waals surface area (Å²) < 4.78 is 5.94. The second-order valence-electron chi connectivity index (χ2n) is 9.00. The van der Waals surface area contributed by atoms with Crippen molar-refractivity contribution in [2.75, 3.05) is 0 Å². The fraction of sp³-hybridized carbons (Fsp3) is 0.259. The van der Waals surface area contributed by atoms with Gasteiger partial charge in [0.2, 0.25) is 0 Å². The summed E-state index contributed by atoms with van der Waals surface area (Å²) in [5.74, 6) is -0.567. The molecule has 1 N–H and O–H groups in total. The normalized spacial score (nSPS) is 24.1. The molecule has 3 aliphatic carbocycles. The van der Waals surface area contributed by atoms with Crippen molar-refractivity contribution in [1.82, 2.24) is 0 Å². The average molecular weight is 380 g/mol. The van der Waals surface area contributed by atoms with Gasteiger partial charge in [-0.2, -0.15) is 0 Å². The van der Waals surface area contributed by atoms with Gasteiger partial charge >= 0.3 is 0 Å². The summed E-state index contributed by atoms with van der Waals surface area (Å²) in [5, 5.41) is 18.1. The van der Waals surface area contributed by atoms with Crippen molar-refractivity contribution in [3.8, 4) is 0 Å². The summed E-state index contributed by atoms with van der Waals surface area (Å²) in [6, 6.07) is 20.1. The summed E-state index contributed by atoms with van der Waals surface area (Å²) >= 11 is 0. The highest BCUT2D eigenvalue weighted by Gasteiger charge is 2.36. The number of hydrogen-bond acceptors (Lipinski definition) is 2. The third-order valence-electron chi connectivity index (χ3n) is 6.53. The molecule has 0 amide bonds. The molecule has 0 aliphatic heterocycles. The Kier molecular flexibility index (Phi) is 3.51. The summed E-state index contributed by atoms with van der Waals surface area (Å²) in [5.41, 5.74) is 2.72. The van der Waals surface area contributed by atoms with Crippen molar-refractivity contribution in [1.29, 1.82) is 0 Å². The van der Waals surface area contributed by atoms with Crippen LogP contribution in [0.1, 0.15) is 25.8 Å². The lowest BCUT2D eigenvalue weighted by Gasteiger charge is -2.40. The van der Waals surface area contributed by atoms with E-state index in [9.17, 15) is 5.11 Å². The van der Waals surface area contributed by atoms with Crippen LogP contribution in [0.15, 0.2) is 72.8 Å². The van der Waals surface area contributed by atoms with E-state index in [1.165, 1.54) is 43.5 Å². The number of allylic oxidation sites excluding steroid dienone is 2. The van der Waals surface area contributed by atoms with Gasteiger partial charge in [0.15, 0.2) is 5.79 Å². The highest BCUT2D eigenvalue weighted by atomic mass is 16.6. The Morgan fingerprint density at radius 1 is 0.862 bits per heavy atom. The summed E-state index contributed by atoms with van der Waals surface area (Å²) in [7, 11) is 0. The van der Waals surface area contributed by atoms with Gasteiger partial charge in [-0.3, -0.25) is 0 Å². The molecule has 3 unspecified atom stereocenters. The molecule has 2 heteroatoms. The van der Waals surface area contributed by atoms with Gasteiger partial charge in [-0.25, -0.2) is 0 Å². The van der Waals surface area contributed by atoms with Crippen LogP contribution in [0.5, 0.6) is 0 Å². The molecular formula is C27H24O2. The molecule has 0 spiro atoms. The molecule has 4 aromatic carbocycles. The Morgan fingerprint density at radius 2 is 1.55 bits per heavy atom. The van der Waals surface area contributed by atoms with Gasteiger partial charge in [-0.05, 0) is 63.7 Å². The van der Waals surface area contributed by atoms with E-state index < -0.39 is 5.79 Å². The largest absolute Gasteiger partial charge is 0.366 e. The predicted molar refractivity (Wildman–Crippen MR) is 120 cm³/mol. The van der Waals surface area contributed by atoms with Crippen LogP contribution in [0.2, 0.25) is 0 Å². The molecule has 2 bridgehead atoms. The van der Waals surface area contributed by atoms with Crippen LogP contribution in [-0.2, 0) is 4.74 Å². The first-order valence-electron chi connectivity index (χ1n) is 10.5. The molecule has 7 rings (SSSR count). The Balaban J connectivity index is 1.53. The van der Waals surface area contributed by atoms with Gasteiger partial charge in [0.25, 0.3) is 0 Å². The van der Waals surface area contributed by atoms with Crippen molar-refractivity contribution < 1.29 is 9.84 Å². The van der Waals surface area contributed by atoms with Gasteiger partial charge in [0.05, 0.1) is 6.10 Å². The minimum Gasteiger partial charge on any atom is -0.366 e. The summed E-state index contributed by atoms with van der Waals surface area (Å²) in [6.07, 6.45) is 7.87. The SMILES string of the molecule is CC(C)(O)OC1CC2C=CC1C=C2c1ccc2ccc3cccc4ccc1c2c34. The van der Waals surface area contributed by atoms with Gasteiger partial charge in [-0.1, -0.05) is 72.8 Å². The van der Waals surface area contributed by atoms with E-state index >= 15 is 0 Å². The summed E-state index contributed by atoms with van der Waals surface area (Å²) in [4.78, 5) is 0. The molecule has 4 aromatic rings. The van der Waals surface area contributed by atoms with Crippen molar-refractivity contribution in [3.05, 3.63) is 78.4 Å². The fourth-order valence-corrected chi connectivity index (χ4v) is 5.37. The van der Waals surface area contributed by atoms with E-state index in [-0.39, 0.29) is 12.0 Å². The Labute approximate surface area is 170 Å². The monoisotopic (exact) mass is 380 g/mol. The number of fused-ring (bicyclic) bond motifs is 1. The van der Waals surface area contributed by atoms with E-state index in [0.29, 0.717) is 5.92 Å². The van der Waals surface area contributed by atoms with Crippen LogP contribution in [0.25, 0.3) is 37.9 Å². The quantitative estimate of drug-likeness (QED) is 0.257. The van der Waals surface area contributed by atoms with Crippen molar-refractivity contribution in [3.63, 3.8) is 0 Å². The number of aliphatic hydroxyl groups is 1. The fourth-order valence-electron chi connectivity index (χ4n) is 5.37. The van der Waals surface area contributed by atoms with E-state index in [4.69, 9.17) is 4.74 Å². The van der Waals surface area contributed by atoms with Crippen LogP contribution in [0.3, 0.4) is 0 Å². The lowest BCUT2D eigenvalue weighted by atomic mass is 9.71. The Bertz CT molecular complexity index is 1290. The van der Waals surface area contributed by atoms with E-state index in [1.54, 1.807) is 13.8 Å². The second-order valence-corrected chi connectivity index (χ2v) is 9.00. The van der Waals surface area contributed by atoms with Crippen molar-refractivity contribution in [2.45, 2.75) is 32.2 Å². The van der Waals surface area contributed by atoms with Gasteiger partial charge < -0.3 is 9.84 Å². The van der Waals surface area contributed by atoms with Gasteiger partial charge in [-0.15, -0.1) is 0 Å². The zero-order valence-corrected chi connectivity index (χ0v) is 16.7. The molecule has 0 radical (unpaired) electrons. The third kappa shape index (κ3) is 2.63. The smallest absolute Gasteiger partial charge is 0.160 e. The maximum atomic E-state index is 10.1. The standard InChI is InChI=1S/C27H24O2/c1-27(2,28)29-24-15-19-8-9-20(24)14-23(19)21-12-10-18-7-6-16-4-3-5-17-11-13-22(21)26(18)25(16)17/h3-14,19-20,24,28H,15H2,1-2H3. The average Bonchev–Trinajstić information content (AvgIpc) is 2.71. The molecule has 3 atom stereocenters. The number of ether oxygens (including phenoxy) is 1. The highest BCUT2D eigenvalue weighted by molar-refractivity contribution is 6.24. The van der Waals surface area contributed by atoms with Crippen molar-refractivity contribution >= 4 is 37.9 Å². The summed E-state index contributed by atoms with van der Waals surface area (Å²) in [6.45, 7) is 3.43. The number of rotatable bonds is 3. The van der Waals surface area contributed by atoms with Crippen LogP contribution in [-0.4, -0.2) is 17.0 Å². The highest BCUT2D eigenvalue weighted by Crippen LogP contribution is 2.46. The maximum absolute atomic E-state index is 10.1. The minimum absolute atomic E-state index is 0.0357. The molecule has 0 saturated heterocycles. The van der Waals surface area contributed by atoms with Gasteiger partial charge in [0.1, 0.15) is 0 Å². The molecular weight excluding hydrogens is 356 g/mol. The van der Waals surface area contributed by atoms with Crippen LogP contribution in [0, 0.1) is 11.8 Å². The van der Waals surface area contributed by atoms with E-state index in [0.717, 1.165) is 6.42 Å². The van der Waals surface area contributed by atoms with E-state index in [1.807, 2.05) is 0 Å². The van der Waals surface area contributed by atoms with Crippen LogP contribution in [0.4, 0.5) is 0 Å². The predicted octanol–water partition coefficient (Wildman–Crippen LogP) is 6.29. The van der Waals surface area contributed by atoms with Crippen molar-refractivity contribution in [2.24, 2.45) is 11.8 Å². The molecule has 0 saturated carbocycles. The van der Waals surface area contributed by atoms with Gasteiger partial charge in [0, 0.05) is 11.8 Å².